The highest BCUT2D eigenvalue weighted by Gasteiger charge is 2.52. The monoisotopic (exact) mass is 432 g/mol. The molecule has 31 heavy (non-hydrogen) atoms. The summed E-state index contributed by atoms with van der Waals surface area (Å²) in [6.07, 6.45) is -3.97. The topological polar surface area (TPSA) is 75.3 Å². The number of carbonyl (C=O) groups excluding carboxylic acids is 3. The molecule has 2 amide bonds. The zero-order valence-corrected chi connectivity index (χ0v) is 17.3. The molecule has 0 aliphatic carbocycles. The highest BCUT2D eigenvalue weighted by molar-refractivity contribution is 6.27. The number of benzene rings is 2. The number of alkyl halides is 3. The lowest BCUT2D eigenvalue weighted by Crippen LogP contribution is -2.44. The minimum atomic E-state index is -4.40. The zero-order chi connectivity index (χ0) is 23.0. The first-order valence-electron chi connectivity index (χ1n) is 9.85. The van der Waals surface area contributed by atoms with Crippen LogP contribution in [-0.4, -0.2) is 23.1 Å². The average molecular weight is 432 g/mol. The second-order valence-corrected chi connectivity index (χ2v) is 8.36. The Labute approximate surface area is 178 Å². The summed E-state index contributed by atoms with van der Waals surface area (Å²) < 4.78 is 38.1. The van der Waals surface area contributed by atoms with Crippen molar-refractivity contribution < 1.29 is 27.6 Å². The van der Waals surface area contributed by atoms with Crippen LogP contribution in [0, 0.1) is 11.8 Å². The van der Waals surface area contributed by atoms with E-state index in [0.717, 1.165) is 12.1 Å². The van der Waals surface area contributed by atoms with Crippen molar-refractivity contribution in [1.29, 1.82) is 0 Å². The quantitative estimate of drug-likeness (QED) is 0.687. The summed E-state index contributed by atoms with van der Waals surface area (Å²) in [5.41, 5.74) is -0.186. The van der Waals surface area contributed by atoms with E-state index in [4.69, 9.17) is 0 Å². The Morgan fingerprint density at radius 3 is 2.03 bits per heavy atom. The molecule has 5 nitrogen and oxygen atoms in total. The van der Waals surface area contributed by atoms with Crippen molar-refractivity contribution in [2.24, 2.45) is 11.8 Å². The molecular weight excluding hydrogens is 409 g/mol. The van der Waals surface area contributed by atoms with Gasteiger partial charge in [0, 0.05) is 5.69 Å². The van der Waals surface area contributed by atoms with Crippen LogP contribution < -0.4 is 10.6 Å². The van der Waals surface area contributed by atoms with Crippen LogP contribution in [0.1, 0.15) is 32.8 Å². The third-order valence-electron chi connectivity index (χ3n) is 5.24. The van der Waals surface area contributed by atoms with Gasteiger partial charge in [-0.05, 0) is 54.7 Å². The Balaban J connectivity index is 1.70. The van der Waals surface area contributed by atoms with E-state index in [1.807, 2.05) is 13.8 Å². The van der Waals surface area contributed by atoms with Gasteiger partial charge < -0.3 is 10.6 Å². The van der Waals surface area contributed by atoms with E-state index in [1.165, 1.54) is 12.1 Å². The molecule has 3 rings (SSSR count). The van der Waals surface area contributed by atoms with Gasteiger partial charge in [0.25, 0.3) is 0 Å². The molecule has 0 spiro atoms. The number of ketones is 1. The standard InChI is InChI=1S/C23H23F3N2O3/c1-13(2)12-22(3)19(29)18(21(31)28-22)20(30)27-17-10-6-15(7-11-17)14-4-8-16(9-5-14)23(24,25)26/h4-11,13,18H,12H2,1-3H3,(H,27,30)(H,28,31). The van der Waals surface area contributed by atoms with Gasteiger partial charge >= 0.3 is 6.18 Å². The van der Waals surface area contributed by atoms with Crippen molar-refractivity contribution in [1.82, 2.24) is 5.32 Å². The second-order valence-electron chi connectivity index (χ2n) is 8.36. The lowest BCUT2D eigenvalue weighted by atomic mass is 9.85. The smallest absolute Gasteiger partial charge is 0.343 e. The average Bonchev–Trinajstić information content (AvgIpc) is 2.89. The van der Waals surface area contributed by atoms with Gasteiger partial charge in [-0.15, -0.1) is 0 Å². The van der Waals surface area contributed by atoms with E-state index in [1.54, 1.807) is 31.2 Å². The molecular formula is C23H23F3N2O3. The summed E-state index contributed by atoms with van der Waals surface area (Å²) in [5, 5.41) is 5.22. The molecule has 1 aliphatic rings. The predicted molar refractivity (Wildman–Crippen MR) is 110 cm³/mol. The third-order valence-corrected chi connectivity index (χ3v) is 5.24. The highest BCUT2D eigenvalue weighted by Crippen LogP contribution is 2.32. The maximum atomic E-state index is 12.7. The van der Waals surface area contributed by atoms with Gasteiger partial charge in [-0.3, -0.25) is 14.4 Å². The molecule has 0 saturated carbocycles. The van der Waals surface area contributed by atoms with Crippen LogP contribution in [0.4, 0.5) is 18.9 Å². The minimum absolute atomic E-state index is 0.161. The fourth-order valence-corrected chi connectivity index (χ4v) is 3.86. The van der Waals surface area contributed by atoms with E-state index < -0.39 is 40.8 Å². The van der Waals surface area contributed by atoms with E-state index >= 15 is 0 Å². The molecule has 0 radical (unpaired) electrons. The van der Waals surface area contributed by atoms with Gasteiger partial charge in [-0.2, -0.15) is 13.2 Å². The molecule has 0 aromatic heterocycles. The Morgan fingerprint density at radius 1 is 1.03 bits per heavy atom. The number of anilines is 1. The molecule has 1 fully saturated rings. The van der Waals surface area contributed by atoms with Crippen LogP contribution in [0.5, 0.6) is 0 Å². The van der Waals surface area contributed by atoms with Gasteiger partial charge in [-0.1, -0.05) is 38.1 Å². The number of amides is 2. The van der Waals surface area contributed by atoms with Crippen LogP contribution in [0.25, 0.3) is 11.1 Å². The Hall–Kier alpha value is -3.16. The number of hydrogen-bond donors (Lipinski definition) is 2. The number of hydrogen-bond acceptors (Lipinski definition) is 3. The summed E-state index contributed by atoms with van der Waals surface area (Å²) in [4.78, 5) is 37.6. The van der Waals surface area contributed by atoms with Gasteiger partial charge in [0.1, 0.15) is 0 Å². The number of Topliss-reactive ketones (excluding diaryl/α,β-unsaturated/α-hetero) is 1. The molecule has 164 valence electrons. The fraction of sp³-hybridized carbons (Fsp3) is 0.348. The molecule has 1 aliphatic heterocycles. The van der Waals surface area contributed by atoms with E-state index in [0.29, 0.717) is 23.2 Å². The molecule has 2 aromatic carbocycles. The molecule has 2 unspecified atom stereocenters. The molecule has 1 saturated heterocycles. The molecule has 2 aromatic rings. The zero-order valence-electron chi connectivity index (χ0n) is 17.3. The summed E-state index contributed by atoms with van der Waals surface area (Å²) in [6, 6.07) is 11.1. The van der Waals surface area contributed by atoms with Gasteiger partial charge in [0.05, 0.1) is 11.1 Å². The number of rotatable bonds is 5. The maximum absolute atomic E-state index is 12.7. The highest BCUT2D eigenvalue weighted by atomic mass is 19.4. The van der Waals surface area contributed by atoms with Crippen LogP contribution >= 0.6 is 0 Å². The first-order chi connectivity index (χ1) is 14.4. The van der Waals surface area contributed by atoms with Gasteiger partial charge in [0.15, 0.2) is 11.7 Å². The second kappa shape index (κ2) is 8.17. The Morgan fingerprint density at radius 2 is 1.55 bits per heavy atom. The predicted octanol–water partition coefficient (Wildman–Crippen LogP) is 4.43. The first-order valence-corrected chi connectivity index (χ1v) is 9.85. The summed E-state index contributed by atoms with van der Waals surface area (Å²) in [5.74, 6) is -3.04. The van der Waals surface area contributed by atoms with E-state index in [9.17, 15) is 27.6 Å². The van der Waals surface area contributed by atoms with Crippen LogP contribution in [0.15, 0.2) is 48.5 Å². The summed E-state index contributed by atoms with van der Waals surface area (Å²) >= 11 is 0. The molecule has 0 bridgehead atoms. The van der Waals surface area contributed by atoms with Crippen molar-refractivity contribution in [3.05, 3.63) is 54.1 Å². The SMILES string of the molecule is CC(C)CC1(C)NC(=O)C(C(=O)Nc2ccc(-c3ccc(C(F)(F)F)cc3)cc2)C1=O. The summed E-state index contributed by atoms with van der Waals surface area (Å²) in [6.45, 7) is 5.48. The van der Waals surface area contributed by atoms with E-state index in [2.05, 4.69) is 10.6 Å². The normalized spacial score (nSPS) is 21.3. The number of nitrogens with one attached hydrogen (secondary N) is 2. The van der Waals surface area contributed by atoms with Crippen LogP contribution in [0.3, 0.4) is 0 Å². The van der Waals surface area contributed by atoms with Gasteiger partial charge in [0.2, 0.25) is 11.8 Å². The summed E-state index contributed by atoms with van der Waals surface area (Å²) in [7, 11) is 0. The van der Waals surface area contributed by atoms with E-state index in [-0.39, 0.29) is 5.92 Å². The number of halogens is 3. The molecule has 8 heteroatoms. The maximum Gasteiger partial charge on any atom is 0.416 e. The first kappa shape index (κ1) is 22.5. The molecule has 1 heterocycles. The van der Waals surface area contributed by atoms with Gasteiger partial charge in [-0.25, -0.2) is 0 Å². The minimum Gasteiger partial charge on any atom is -0.343 e. The lowest BCUT2D eigenvalue weighted by Gasteiger charge is -2.24. The van der Waals surface area contributed by atoms with Crippen molar-refractivity contribution >= 4 is 23.3 Å². The Kier molecular flexibility index (Phi) is 5.93. The molecule has 2 atom stereocenters. The van der Waals surface area contributed by atoms with Crippen molar-refractivity contribution in [3.8, 4) is 11.1 Å². The lowest BCUT2D eigenvalue weighted by molar-refractivity contribution is -0.138. The largest absolute Gasteiger partial charge is 0.416 e. The van der Waals surface area contributed by atoms with Crippen molar-refractivity contribution in [2.75, 3.05) is 5.32 Å². The third kappa shape index (κ3) is 4.78. The fourth-order valence-electron chi connectivity index (χ4n) is 3.86. The number of carbonyl (C=O) groups is 3. The molecule has 2 N–H and O–H groups in total. The Bertz CT molecular complexity index is 998. The van der Waals surface area contributed by atoms with Crippen molar-refractivity contribution in [3.63, 3.8) is 0 Å². The van der Waals surface area contributed by atoms with Crippen LogP contribution in [-0.2, 0) is 20.6 Å². The van der Waals surface area contributed by atoms with Crippen LogP contribution in [0.2, 0.25) is 0 Å². The van der Waals surface area contributed by atoms with Crippen molar-refractivity contribution in [2.45, 2.75) is 38.9 Å².